The van der Waals surface area contributed by atoms with Crippen molar-refractivity contribution in [2.45, 2.75) is 12.8 Å². The van der Waals surface area contributed by atoms with Crippen molar-refractivity contribution in [2.24, 2.45) is 0 Å². The van der Waals surface area contributed by atoms with Gasteiger partial charge in [0.25, 0.3) is 0 Å². The Kier molecular flexibility index (Phi) is 2.74. The van der Waals surface area contributed by atoms with Crippen LogP contribution < -0.4 is 4.90 Å². The molecule has 0 spiro atoms. The SMILES string of the molecule is Clc1ccc(Br)c(N2CCCC2)n1. The highest BCUT2D eigenvalue weighted by Gasteiger charge is 2.16. The number of nitrogens with zero attached hydrogens (tertiary/aromatic N) is 2. The van der Waals surface area contributed by atoms with Gasteiger partial charge < -0.3 is 4.90 Å². The molecular formula is C9H10BrClN2. The summed E-state index contributed by atoms with van der Waals surface area (Å²) >= 11 is 9.31. The maximum Gasteiger partial charge on any atom is 0.144 e. The standard InChI is InChI=1S/C9H10BrClN2/c10-7-3-4-8(11)12-9(7)13-5-1-2-6-13/h3-4H,1-2,5-6H2. The topological polar surface area (TPSA) is 16.1 Å². The molecule has 0 radical (unpaired) electrons. The Morgan fingerprint density at radius 2 is 2.00 bits per heavy atom. The molecule has 0 saturated carbocycles. The summed E-state index contributed by atoms with van der Waals surface area (Å²) in [6.07, 6.45) is 2.50. The van der Waals surface area contributed by atoms with Gasteiger partial charge in [0.1, 0.15) is 11.0 Å². The Morgan fingerprint density at radius 3 is 2.69 bits per heavy atom. The zero-order valence-corrected chi connectivity index (χ0v) is 9.48. The molecular weight excluding hydrogens is 251 g/mol. The highest BCUT2D eigenvalue weighted by atomic mass is 79.9. The molecule has 0 bridgehead atoms. The van der Waals surface area contributed by atoms with E-state index in [1.165, 1.54) is 12.8 Å². The number of pyridine rings is 1. The molecule has 0 aliphatic carbocycles. The molecule has 1 aromatic rings. The molecule has 0 amide bonds. The third-order valence-corrected chi connectivity index (χ3v) is 3.03. The molecule has 4 heteroatoms. The lowest BCUT2D eigenvalue weighted by Gasteiger charge is -2.17. The molecule has 2 rings (SSSR count). The van der Waals surface area contributed by atoms with Gasteiger partial charge in [-0.3, -0.25) is 0 Å². The fourth-order valence-corrected chi connectivity index (χ4v) is 2.17. The van der Waals surface area contributed by atoms with Crippen molar-refractivity contribution in [3.8, 4) is 0 Å². The summed E-state index contributed by atoms with van der Waals surface area (Å²) in [5.41, 5.74) is 0. The van der Waals surface area contributed by atoms with Crippen LogP contribution in [-0.4, -0.2) is 18.1 Å². The smallest absolute Gasteiger partial charge is 0.144 e. The van der Waals surface area contributed by atoms with Crippen molar-refractivity contribution in [2.75, 3.05) is 18.0 Å². The molecule has 1 aliphatic rings. The first-order chi connectivity index (χ1) is 6.27. The molecule has 1 aromatic heterocycles. The minimum Gasteiger partial charge on any atom is -0.356 e. The fourth-order valence-electron chi connectivity index (χ4n) is 1.56. The minimum absolute atomic E-state index is 0.560. The average molecular weight is 262 g/mol. The van der Waals surface area contributed by atoms with Crippen LogP contribution in [0.1, 0.15) is 12.8 Å². The quantitative estimate of drug-likeness (QED) is 0.722. The van der Waals surface area contributed by atoms with E-state index in [0.29, 0.717) is 5.15 Å². The van der Waals surface area contributed by atoms with Gasteiger partial charge in [0.15, 0.2) is 0 Å². The van der Waals surface area contributed by atoms with E-state index >= 15 is 0 Å². The van der Waals surface area contributed by atoms with E-state index in [1.807, 2.05) is 6.07 Å². The zero-order chi connectivity index (χ0) is 9.26. The lowest BCUT2D eigenvalue weighted by molar-refractivity contribution is 0.933. The van der Waals surface area contributed by atoms with Gasteiger partial charge in [-0.15, -0.1) is 0 Å². The van der Waals surface area contributed by atoms with E-state index in [4.69, 9.17) is 11.6 Å². The Morgan fingerprint density at radius 1 is 1.31 bits per heavy atom. The second-order valence-corrected chi connectivity index (χ2v) is 4.38. The van der Waals surface area contributed by atoms with Crippen molar-refractivity contribution in [1.82, 2.24) is 4.98 Å². The first kappa shape index (κ1) is 9.28. The van der Waals surface area contributed by atoms with Crippen LogP contribution in [0, 0.1) is 0 Å². The maximum atomic E-state index is 5.84. The van der Waals surface area contributed by atoms with Gasteiger partial charge in [-0.1, -0.05) is 11.6 Å². The summed E-state index contributed by atoms with van der Waals surface area (Å²) in [4.78, 5) is 6.56. The number of hydrogen-bond acceptors (Lipinski definition) is 2. The summed E-state index contributed by atoms with van der Waals surface area (Å²) in [5.74, 6) is 0.977. The van der Waals surface area contributed by atoms with Crippen LogP contribution >= 0.6 is 27.5 Å². The molecule has 1 saturated heterocycles. The number of rotatable bonds is 1. The number of halogens is 2. The Bertz CT molecular complexity index is 310. The lowest BCUT2D eigenvalue weighted by Crippen LogP contribution is -2.19. The van der Waals surface area contributed by atoms with Crippen LogP contribution in [0.4, 0.5) is 5.82 Å². The second kappa shape index (κ2) is 3.84. The van der Waals surface area contributed by atoms with E-state index in [0.717, 1.165) is 23.4 Å². The van der Waals surface area contributed by atoms with Crippen molar-refractivity contribution >= 4 is 33.3 Å². The van der Waals surface area contributed by atoms with Gasteiger partial charge in [0.05, 0.1) is 4.47 Å². The number of anilines is 1. The molecule has 0 unspecified atom stereocenters. The number of aromatic nitrogens is 1. The van der Waals surface area contributed by atoms with Gasteiger partial charge in [0, 0.05) is 13.1 Å². The molecule has 1 aliphatic heterocycles. The van der Waals surface area contributed by atoms with E-state index in [9.17, 15) is 0 Å². The molecule has 2 heterocycles. The van der Waals surface area contributed by atoms with Gasteiger partial charge in [-0.2, -0.15) is 0 Å². The van der Waals surface area contributed by atoms with Crippen molar-refractivity contribution in [3.05, 3.63) is 21.8 Å². The first-order valence-corrected chi connectivity index (χ1v) is 5.51. The summed E-state index contributed by atoms with van der Waals surface area (Å²) < 4.78 is 1.03. The molecule has 0 atom stereocenters. The Balaban J connectivity index is 2.32. The van der Waals surface area contributed by atoms with E-state index in [2.05, 4.69) is 25.8 Å². The predicted octanol–water partition coefficient (Wildman–Crippen LogP) is 3.10. The van der Waals surface area contributed by atoms with E-state index in [1.54, 1.807) is 6.07 Å². The molecule has 2 nitrogen and oxygen atoms in total. The van der Waals surface area contributed by atoms with Crippen molar-refractivity contribution in [3.63, 3.8) is 0 Å². The third-order valence-electron chi connectivity index (χ3n) is 2.20. The molecule has 1 fully saturated rings. The van der Waals surface area contributed by atoms with Gasteiger partial charge in [-0.05, 0) is 40.9 Å². The summed E-state index contributed by atoms with van der Waals surface area (Å²) in [6.45, 7) is 2.18. The predicted molar refractivity (Wildman–Crippen MR) is 58.4 cm³/mol. The van der Waals surface area contributed by atoms with Crippen LogP contribution in [0.25, 0.3) is 0 Å². The van der Waals surface area contributed by atoms with Crippen LogP contribution in [0.15, 0.2) is 16.6 Å². The van der Waals surface area contributed by atoms with Gasteiger partial charge in [0.2, 0.25) is 0 Å². The minimum atomic E-state index is 0.560. The van der Waals surface area contributed by atoms with Crippen LogP contribution in [0.3, 0.4) is 0 Å². The zero-order valence-electron chi connectivity index (χ0n) is 7.13. The number of hydrogen-bond donors (Lipinski definition) is 0. The molecule has 0 aromatic carbocycles. The van der Waals surface area contributed by atoms with Crippen LogP contribution in [0.2, 0.25) is 5.15 Å². The average Bonchev–Trinajstić information content (AvgIpc) is 2.61. The van der Waals surface area contributed by atoms with Crippen molar-refractivity contribution in [1.29, 1.82) is 0 Å². The Labute approximate surface area is 91.0 Å². The van der Waals surface area contributed by atoms with Crippen molar-refractivity contribution < 1.29 is 0 Å². The monoisotopic (exact) mass is 260 g/mol. The molecule has 70 valence electrons. The Hall–Kier alpha value is -0.280. The highest BCUT2D eigenvalue weighted by Crippen LogP contribution is 2.28. The molecule has 0 N–H and O–H groups in total. The lowest BCUT2D eigenvalue weighted by atomic mass is 10.4. The van der Waals surface area contributed by atoms with E-state index < -0.39 is 0 Å². The summed E-state index contributed by atoms with van der Waals surface area (Å²) in [5, 5.41) is 0.560. The van der Waals surface area contributed by atoms with E-state index in [-0.39, 0.29) is 0 Å². The largest absolute Gasteiger partial charge is 0.356 e. The van der Waals surface area contributed by atoms with Crippen LogP contribution in [0.5, 0.6) is 0 Å². The summed E-state index contributed by atoms with van der Waals surface area (Å²) in [6, 6.07) is 3.74. The summed E-state index contributed by atoms with van der Waals surface area (Å²) in [7, 11) is 0. The maximum absolute atomic E-state index is 5.84. The third kappa shape index (κ3) is 1.97. The van der Waals surface area contributed by atoms with Gasteiger partial charge in [-0.25, -0.2) is 4.98 Å². The van der Waals surface area contributed by atoms with Crippen LogP contribution in [-0.2, 0) is 0 Å². The highest BCUT2D eigenvalue weighted by molar-refractivity contribution is 9.10. The van der Waals surface area contributed by atoms with Gasteiger partial charge >= 0.3 is 0 Å². The second-order valence-electron chi connectivity index (χ2n) is 3.13. The normalized spacial score (nSPS) is 16.6. The molecule has 13 heavy (non-hydrogen) atoms. The first-order valence-electron chi connectivity index (χ1n) is 4.34. The fraction of sp³-hybridized carbons (Fsp3) is 0.444.